The molecule has 4 rings (SSSR count). The number of nitrogens with one attached hydrogen (secondary N) is 1. The fraction of sp³-hybridized carbons (Fsp3) is 0.190. The highest BCUT2D eigenvalue weighted by Crippen LogP contribution is 2.32. The number of carbonyl (C=O) groups excluding carboxylic acids is 1. The van der Waals surface area contributed by atoms with Gasteiger partial charge in [-0.3, -0.25) is 9.78 Å². The molecule has 3 heterocycles. The van der Waals surface area contributed by atoms with E-state index in [9.17, 15) is 4.79 Å². The molecule has 3 aromatic heterocycles. The quantitative estimate of drug-likeness (QED) is 0.501. The zero-order chi connectivity index (χ0) is 19.7. The van der Waals surface area contributed by atoms with Crippen molar-refractivity contribution < 1.29 is 9.21 Å². The van der Waals surface area contributed by atoms with E-state index in [1.165, 1.54) is 6.26 Å². The molecule has 142 valence electrons. The summed E-state index contributed by atoms with van der Waals surface area (Å²) in [6.45, 7) is 5.17. The Labute approximate surface area is 167 Å². The molecule has 0 saturated carbocycles. The molecule has 0 bridgehead atoms. The Bertz CT molecular complexity index is 1130. The number of rotatable bonds is 5. The molecular weight excluding hydrogens is 376 g/mol. The Morgan fingerprint density at radius 3 is 2.93 bits per heavy atom. The molecule has 1 amide bonds. The SMILES string of the molecule is CC(C)Cn1cc(-c2nc(C(=O)Nc3cccnc3)co2)c2cc(Cl)ccc21. The molecular formula is C21H19ClN4O2. The van der Waals surface area contributed by atoms with Crippen LogP contribution in [0.2, 0.25) is 5.02 Å². The van der Waals surface area contributed by atoms with Crippen LogP contribution in [0.4, 0.5) is 5.69 Å². The molecule has 0 unspecified atom stereocenters. The number of oxazole rings is 1. The first-order valence-corrected chi connectivity index (χ1v) is 9.34. The van der Waals surface area contributed by atoms with Crippen LogP contribution in [0.5, 0.6) is 0 Å². The first-order chi connectivity index (χ1) is 13.5. The van der Waals surface area contributed by atoms with Crippen LogP contribution < -0.4 is 5.32 Å². The molecule has 0 atom stereocenters. The maximum Gasteiger partial charge on any atom is 0.277 e. The van der Waals surface area contributed by atoms with E-state index in [-0.39, 0.29) is 11.6 Å². The third kappa shape index (κ3) is 3.64. The fourth-order valence-electron chi connectivity index (χ4n) is 3.12. The van der Waals surface area contributed by atoms with Gasteiger partial charge in [-0.1, -0.05) is 25.4 Å². The molecule has 0 saturated heterocycles. The van der Waals surface area contributed by atoms with Crippen LogP contribution >= 0.6 is 11.6 Å². The van der Waals surface area contributed by atoms with E-state index in [1.54, 1.807) is 24.5 Å². The van der Waals surface area contributed by atoms with Crippen molar-refractivity contribution in [3.05, 3.63) is 65.9 Å². The van der Waals surface area contributed by atoms with Crippen molar-refractivity contribution in [1.29, 1.82) is 0 Å². The van der Waals surface area contributed by atoms with Crippen molar-refractivity contribution >= 4 is 34.1 Å². The van der Waals surface area contributed by atoms with Crippen molar-refractivity contribution in [3.63, 3.8) is 0 Å². The molecule has 0 radical (unpaired) electrons. The summed E-state index contributed by atoms with van der Waals surface area (Å²) in [6.07, 6.45) is 6.56. The van der Waals surface area contributed by atoms with E-state index in [1.807, 2.05) is 24.4 Å². The maximum absolute atomic E-state index is 12.4. The second-order valence-electron chi connectivity index (χ2n) is 6.98. The topological polar surface area (TPSA) is 73.0 Å². The molecule has 1 aromatic carbocycles. The van der Waals surface area contributed by atoms with Crippen LogP contribution in [0.3, 0.4) is 0 Å². The van der Waals surface area contributed by atoms with Crippen LogP contribution in [0.15, 0.2) is 59.6 Å². The van der Waals surface area contributed by atoms with E-state index in [0.717, 1.165) is 23.0 Å². The van der Waals surface area contributed by atoms with E-state index in [2.05, 4.69) is 33.7 Å². The predicted octanol–water partition coefficient (Wildman–Crippen LogP) is 5.25. The lowest BCUT2D eigenvalue weighted by Crippen LogP contribution is -2.12. The van der Waals surface area contributed by atoms with Crippen LogP contribution in [0, 0.1) is 5.92 Å². The second kappa shape index (κ2) is 7.48. The standard InChI is InChI=1S/C21H19ClN4O2/c1-13(2)10-26-11-17(16-8-14(22)5-6-19(16)26)21-25-18(12-28-21)20(27)24-15-4-3-7-23-9-15/h3-9,11-13H,10H2,1-2H3,(H,24,27). The van der Waals surface area contributed by atoms with Gasteiger partial charge in [-0.25, -0.2) is 4.98 Å². The van der Waals surface area contributed by atoms with E-state index in [4.69, 9.17) is 16.0 Å². The van der Waals surface area contributed by atoms with Crippen molar-refractivity contribution in [1.82, 2.24) is 14.5 Å². The number of fused-ring (bicyclic) bond motifs is 1. The van der Waals surface area contributed by atoms with Gasteiger partial charge in [0.1, 0.15) is 6.26 Å². The Morgan fingerprint density at radius 2 is 2.18 bits per heavy atom. The molecule has 6 nitrogen and oxygen atoms in total. The molecule has 0 aliphatic rings. The zero-order valence-corrected chi connectivity index (χ0v) is 16.3. The summed E-state index contributed by atoms with van der Waals surface area (Å²) in [7, 11) is 0. The average Bonchev–Trinajstić information content (AvgIpc) is 3.27. The Kier molecular flexibility index (Phi) is 4.88. The molecule has 0 spiro atoms. The van der Waals surface area contributed by atoms with Crippen molar-refractivity contribution in [2.24, 2.45) is 5.92 Å². The number of benzene rings is 1. The van der Waals surface area contributed by atoms with Gasteiger partial charge in [0.05, 0.1) is 17.4 Å². The normalized spacial score (nSPS) is 11.3. The highest BCUT2D eigenvalue weighted by molar-refractivity contribution is 6.31. The largest absolute Gasteiger partial charge is 0.444 e. The van der Waals surface area contributed by atoms with Crippen LogP contribution in [-0.2, 0) is 6.54 Å². The monoisotopic (exact) mass is 394 g/mol. The van der Waals surface area contributed by atoms with Gasteiger partial charge in [-0.15, -0.1) is 0 Å². The summed E-state index contributed by atoms with van der Waals surface area (Å²) < 4.78 is 7.79. The molecule has 0 fully saturated rings. The number of nitrogens with zero attached hydrogens (tertiary/aromatic N) is 3. The van der Waals surface area contributed by atoms with Gasteiger partial charge < -0.3 is 14.3 Å². The van der Waals surface area contributed by atoms with Gasteiger partial charge in [0.2, 0.25) is 5.89 Å². The third-order valence-electron chi connectivity index (χ3n) is 4.29. The van der Waals surface area contributed by atoms with Crippen LogP contribution in [-0.4, -0.2) is 20.4 Å². The third-order valence-corrected chi connectivity index (χ3v) is 4.53. The number of halogens is 1. The smallest absolute Gasteiger partial charge is 0.277 e. The van der Waals surface area contributed by atoms with Gasteiger partial charge in [0.25, 0.3) is 5.91 Å². The van der Waals surface area contributed by atoms with E-state index < -0.39 is 0 Å². The highest BCUT2D eigenvalue weighted by atomic mass is 35.5. The zero-order valence-electron chi connectivity index (χ0n) is 15.5. The summed E-state index contributed by atoms with van der Waals surface area (Å²) in [5, 5.41) is 4.33. The van der Waals surface area contributed by atoms with Crippen molar-refractivity contribution in [3.8, 4) is 11.5 Å². The summed E-state index contributed by atoms with van der Waals surface area (Å²) in [5.74, 6) is 0.502. The first kappa shape index (κ1) is 18.3. The van der Waals surface area contributed by atoms with E-state index in [0.29, 0.717) is 22.5 Å². The van der Waals surface area contributed by atoms with E-state index >= 15 is 0 Å². The number of hydrogen-bond acceptors (Lipinski definition) is 4. The first-order valence-electron chi connectivity index (χ1n) is 8.97. The minimum Gasteiger partial charge on any atom is -0.444 e. The van der Waals surface area contributed by atoms with Gasteiger partial charge in [-0.2, -0.15) is 0 Å². The van der Waals surface area contributed by atoms with Crippen LogP contribution in [0.25, 0.3) is 22.4 Å². The molecule has 4 aromatic rings. The van der Waals surface area contributed by atoms with Crippen molar-refractivity contribution in [2.75, 3.05) is 5.32 Å². The summed E-state index contributed by atoms with van der Waals surface area (Å²) in [4.78, 5) is 20.8. The van der Waals surface area contributed by atoms with Gasteiger partial charge in [-0.05, 0) is 36.2 Å². The fourth-order valence-corrected chi connectivity index (χ4v) is 3.29. The second-order valence-corrected chi connectivity index (χ2v) is 7.42. The maximum atomic E-state index is 12.4. The molecule has 0 aliphatic heterocycles. The minimum absolute atomic E-state index is 0.200. The number of amides is 1. The molecule has 1 N–H and O–H groups in total. The summed E-state index contributed by atoms with van der Waals surface area (Å²) in [5.41, 5.74) is 2.65. The lowest BCUT2D eigenvalue weighted by Gasteiger charge is -2.07. The van der Waals surface area contributed by atoms with Crippen molar-refractivity contribution in [2.45, 2.75) is 20.4 Å². The highest BCUT2D eigenvalue weighted by Gasteiger charge is 2.18. The predicted molar refractivity (Wildman–Crippen MR) is 109 cm³/mol. The molecule has 28 heavy (non-hydrogen) atoms. The molecule has 7 heteroatoms. The van der Waals surface area contributed by atoms with Crippen LogP contribution in [0.1, 0.15) is 24.3 Å². The van der Waals surface area contributed by atoms with Gasteiger partial charge >= 0.3 is 0 Å². The number of carbonyl (C=O) groups is 1. The Balaban J connectivity index is 1.69. The Morgan fingerprint density at radius 1 is 1.32 bits per heavy atom. The van der Waals surface area contributed by atoms with Gasteiger partial charge in [0, 0.05) is 34.9 Å². The van der Waals surface area contributed by atoms with Gasteiger partial charge in [0.15, 0.2) is 5.69 Å². The number of hydrogen-bond donors (Lipinski definition) is 1. The summed E-state index contributed by atoms with van der Waals surface area (Å²) >= 11 is 6.21. The average molecular weight is 395 g/mol. The summed E-state index contributed by atoms with van der Waals surface area (Å²) in [6, 6.07) is 9.25. The minimum atomic E-state index is -0.355. The lowest BCUT2D eigenvalue weighted by molar-refractivity contribution is 0.102. The lowest BCUT2D eigenvalue weighted by atomic mass is 10.2. The Hall–Kier alpha value is -3.12. The number of pyridine rings is 1. The molecule has 0 aliphatic carbocycles. The number of anilines is 1. The number of aromatic nitrogens is 3.